The zero-order chi connectivity index (χ0) is 32.9. The number of nitrogens with one attached hydrogen (secondary N) is 1. The minimum Gasteiger partial charge on any atom is -0.392 e. The number of fused-ring (bicyclic) bond motifs is 1. The van der Waals surface area contributed by atoms with E-state index in [2.05, 4.69) is 21.3 Å². The third kappa shape index (κ3) is 5.87. The number of halogens is 1. The van der Waals surface area contributed by atoms with Crippen molar-refractivity contribution in [2.75, 3.05) is 47.8 Å². The number of benzene rings is 2. The largest absolute Gasteiger partial charge is 0.392 e. The van der Waals surface area contributed by atoms with Crippen LogP contribution < -0.4 is 20.7 Å². The predicted octanol–water partition coefficient (Wildman–Crippen LogP) is 4.78. The molecule has 2 amide bonds. The SMILES string of the molecule is CC(=O)N1CCN(c2ccc(Nc3cc(-c4cccc(N5CCc6cc(C7(Cl)CC7)ccc6C5=O)c4CO)cn(C)c3=O)nc2)CC1. The maximum Gasteiger partial charge on any atom is 0.274 e. The van der Waals surface area contributed by atoms with E-state index in [1.165, 1.54) is 4.57 Å². The highest BCUT2D eigenvalue weighted by Gasteiger charge is 2.43. The van der Waals surface area contributed by atoms with Gasteiger partial charge >= 0.3 is 0 Å². The Hall–Kier alpha value is -4.67. The molecule has 0 atom stereocenters. The fourth-order valence-electron chi connectivity index (χ4n) is 6.67. The van der Waals surface area contributed by atoms with Gasteiger partial charge in [-0.15, -0.1) is 11.6 Å². The Labute approximate surface area is 278 Å². The summed E-state index contributed by atoms with van der Waals surface area (Å²) < 4.78 is 1.50. The number of carbonyl (C=O) groups is 2. The van der Waals surface area contributed by atoms with Crippen molar-refractivity contribution >= 4 is 46.3 Å². The third-order valence-electron chi connectivity index (χ3n) is 9.59. The number of carbonyl (C=O) groups excluding carboxylic acids is 2. The van der Waals surface area contributed by atoms with E-state index in [9.17, 15) is 19.5 Å². The quantitative estimate of drug-likeness (QED) is 0.277. The molecule has 1 saturated heterocycles. The van der Waals surface area contributed by atoms with E-state index in [4.69, 9.17) is 11.6 Å². The van der Waals surface area contributed by atoms with Crippen LogP contribution in [0.1, 0.15) is 46.8 Å². The lowest BCUT2D eigenvalue weighted by Crippen LogP contribution is -2.48. The van der Waals surface area contributed by atoms with Crippen LogP contribution >= 0.6 is 11.6 Å². The van der Waals surface area contributed by atoms with Gasteiger partial charge in [0, 0.05) is 69.6 Å². The van der Waals surface area contributed by atoms with Crippen LogP contribution in [0.2, 0.25) is 0 Å². The molecule has 2 aromatic heterocycles. The van der Waals surface area contributed by atoms with Gasteiger partial charge in [0.05, 0.1) is 29.1 Å². The number of piperazine rings is 1. The lowest BCUT2D eigenvalue weighted by Gasteiger charge is -2.35. The number of aliphatic hydroxyl groups is 1. The van der Waals surface area contributed by atoms with Crippen molar-refractivity contribution in [3.63, 3.8) is 0 Å². The fraction of sp³-hybridized carbons (Fsp3) is 0.333. The van der Waals surface area contributed by atoms with E-state index < -0.39 is 0 Å². The van der Waals surface area contributed by atoms with Crippen LogP contribution in [-0.4, -0.2) is 64.1 Å². The number of amides is 2. The average Bonchev–Trinajstić information content (AvgIpc) is 3.85. The highest BCUT2D eigenvalue weighted by Crippen LogP contribution is 2.52. The molecule has 2 aliphatic heterocycles. The maximum absolute atomic E-state index is 13.8. The van der Waals surface area contributed by atoms with Crippen LogP contribution in [0.4, 0.5) is 22.9 Å². The number of pyridine rings is 2. The number of alkyl halides is 1. The molecule has 0 unspecified atom stereocenters. The molecule has 0 bridgehead atoms. The van der Waals surface area contributed by atoms with Crippen molar-refractivity contribution in [2.45, 2.75) is 37.7 Å². The highest BCUT2D eigenvalue weighted by atomic mass is 35.5. The number of rotatable bonds is 7. The number of hydrogen-bond donors (Lipinski definition) is 2. The summed E-state index contributed by atoms with van der Waals surface area (Å²) in [5.74, 6) is 0.494. The molecular formula is C36H37ClN6O4. The third-order valence-corrected chi connectivity index (χ3v) is 10.2. The average molecular weight is 653 g/mol. The lowest BCUT2D eigenvalue weighted by molar-refractivity contribution is -0.129. The zero-order valence-electron chi connectivity index (χ0n) is 26.5. The number of nitrogens with zero attached hydrogens (tertiary/aromatic N) is 5. The molecule has 0 radical (unpaired) electrons. The maximum atomic E-state index is 13.8. The first-order valence-corrected chi connectivity index (χ1v) is 16.3. The minimum absolute atomic E-state index is 0.0855. The summed E-state index contributed by atoms with van der Waals surface area (Å²) in [6.07, 6.45) is 6.09. The Bertz CT molecular complexity index is 1930. The van der Waals surface area contributed by atoms with E-state index in [1.54, 1.807) is 37.3 Å². The summed E-state index contributed by atoms with van der Waals surface area (Å²) >= 11 is 6.65. The van der Waals surface area contributed by atoms with E-state index in [1.807, 2.05) is 47.4 Å². The van der Waals surface area contributed by atoms with E-state index in [0.29, 0.717) is 59.9 Å². The fourth-order valence-corrected chi connectivity index (χ4v) is 6.88. The van der Waals surface area contributed by atoms with Gasteiger partial charge in [-0.2, -0.15) is 0 Å². The van der Waals surface area contributed by atoms with Gasteiger partial charge in [0.1, 0.15) is 11.5 Å². The Morgan fingerprint density at radius 1 is 1.00 bits per heavy atom. The first kappa shape index (κ1) is 31.0. The van der Waals surface area contributed by atoms with E-state index in [0.717, 1.165) is 48.3 Å². The minimum atomic E-state index is -0.287. The molecule has 11 heteroatoms. The molecule has 242 valence electrons. The Kier molecular flexibility index (Phi) is 8.01. The van der Waals surface area contributed by atoms with Gasteiger partial charge in [0.15, 0.2) is 0 Å². The van der Waals surface area contributed by atoms with Crippen molar-refractivity contribution < 1.29 is 14.7 Å². The van der Waals surface area contributed by atoms with Crippen molar-refractivity contribution in [3.05, 3.63) is 99.6 Å². The van der Waals surface area contributed by atoms with Crippen LogP contribution in [0.3, 0.4) is 0 Å². The van der Waals surface area contributed by atoms with Crippen LogP contribution in [-0.2, 0) is 29.7 Å². The molecule has 0 spiro atoms. The first-order valence-electron chi connectivity index (χ1n) is 16.0. The normalized spacial score (nSPS) is 17.0. The molecule has 4 heterocycles. The van der Waals surface area contributed by atoms with Crippen LogP contribution in [0.5, 0.6) is 0 Å². The van der Waals surface area contributed by atoms with Gasteiger partial charge in [-0.1, -0.05) is 24.3 Å². The lowest BCUT2D eigenvalue weighted by atomic mass is 9.93. The number of aryl methyl sites for hydroxylation is 1. The summed E-state index contributed by atoms with van der Waals surface area (Å²) in [5.41, 5.74) is 6.48. The van der Waals surface area contributed by atoms with Crippen LogP contribution in [0.25, 0.3) is 11.1 Å². The molecule has 2 fully saturated rings. The Balaban J connectivity index is 1.14. The summed E-state index contributed by atoms with van der Waals surface area (Å²) in [5, 5.41) is 13.8. The smallest absolute Gasteiger partial charge is 0.274 e. The van der Waals surface area contributed by atoms with Crippen LogP contribution in [0.15, 0.2) is 71.8 Å². The van der Waals surface area contributed by atoms with Gasteiger partial charge in [-0.25, -0.2) is 4.98 Å². The van der Waals surface area contributed by atoms with Crippen molar-refractivity contribution in [2.24, 2.45) is 7.05 Å². The van der Waals surface area contributed by atoms with Gasteiger partial charge in [-0.05, 0) is 66.3 Å². The summed E-state index contributed by atoms with van der Waals surface area (Å²) in [6.45, 7) is 4.59. The van der Waals surface area contributed by atoms with Crippen molar-refractivity contribution in [1.82, 2.24) is 14.5 Å². The topological polar surface area (TPSA) is 111 Å². The molecule has 2 aromatic carbocycles. The zero-order valence-corrected chi connectivity index (χ0v) is 27.3. The number of aromatic nitrogens is 2. The van der Waals surface area contributed by atoms with Crippen LogP contribution in [0, 0.1) is 0 Å². The second-order valence-corrected chi connectivity index (χ2v) is 13.3. The van der Waals surface area contributed by atoms with Gasteiger partial charge in [0.2, 0.25) is 5.91 Å². The standard InChI is InChI=1S/C36H37ClN6O4/c1-23(45)41-14-16-42(17-15-41)27-7-9-33(38-20-27)39-31-19-25(21-40(2)35(31)47)28-4-3-5-32(30(28)22-44)43-13-10-24-18-26(36(37)11-12-36)6-8-29(24)34(43)46/h3-9,18-21,44H,10-17,22H2,1-2H3,(H,38,39). The second kappa shape index (κ2) is 12.2. The van der Waals surface area contributed by atoms with E-state index in [-0.39, 0.29) is 28.9 Å². The molecule has 7 rings (SSSR count). The van der Waals surface area contributed by atoms with E-state index >= 15 is 0 Å². The number of hydrogen-bond acceptors (Lipinski definition) is 7. The molecule has 47 heavy (non-hydrogen) atoms. The number of aliphatic hydroxyl groups excluding tert-OH is 1. The van der Waals surface area contributed by atoms with Gasteiger partial charge in [0.25, 0.3) is 11.5 Å². The number of anilines is 4. The molecule has 4 aromatic rings. The highest BCUT2D eigenvalue weighted by molar-refractivity contribution is 6.26. The van der Waals surface area contributed by atoms with Gasteiger partial charge in [-0.3, -0.25) is 14.4 Å². The monoisotopic (exact) mass is 652 g/mol. The Morgan fingerprint density at radius 2 is 1.79 bits per heavy atom. The van der Waals surface area contributed by atoms with Crippen molar-refractivity contribution in [1.29, 1.82) is 0 Å². The molecule has 1 aliphatic carbocycles. The molecule has 1 saturated carbocycles. The van der Waals surface area contributed by atoms with Crippen molar-refractivity contribution in [3.8, 4) is 11.1 Å². The molecule has 2 N–H and O–H groups in total. The molecular weight excluding hydrogens is 616 g/mol. The molecule has 3 aliphatic rings. The molecule has 10 nitrogen and oxygen atoms in total. The predicted molar refractivity (Wildman–Crippen MR) is 184 cm³/mol. The summed E-state index contributed by atoms with van der Waals surface area (Å²) in [7, 11) is 1.68. The van der Waals surface area contributed by atoms with Gasteiger partial charge < -0.3 is 29.7 Å². The first-order chi connectivity index (χ1) is 22.6. The summed E-state index contributed by atoms with van der Waals surface area (Å²) in [6, 6.07) is 17.1. The second-order valence-electron chi connectivity index (χ2n) is 12.6. The summed E-state index contributed by atoms with van der Waals surface area (Å²) in [4.78, 5) is 48.7. The Morgan fingerprint density at radius 3 is 2.47 bits per heavy atom.